The molecule has 2 saturated carbocycles. The van der Waals surface area contributed by atoms with Crippen molar-refractivity contribution in [1.29, 1.82) is 0 Å². The Morgan fingerprint density at radius 3 is 2.81 bits per heavy atom. The molecule has 21 heavy (non-hydrogen) atoms. The fraction of sp³-hybridized carbons (Fsp3) is 0.688. The van der Waals surface area contributed by atoms with Gasteiger partial charge in [-0.2, -0.15) is 0 Å². The van der Waals surface area contributed by atoms with E-state index in [2.05, 4.69) is 12.2 Å². The minimum absolute atomic E-state index is 0.282. The molecular formula is C16H24N2O2S. The van der Waals surface area contributed by atoms with Crippen molar-refractivity contribution in [3.05, 3.63) is 10.4 Å². The molecule has 3 rings (SSSR count). The fourth-order valence-electron chi connectivity index (χ4n) is 2.97. The molecule has 0 bridgehead atoms. The number of anilines is 2. The van der Waals surface area contributed by atoms with Crippen LogP contribution in [-0.2, 0) is 4.74 Å². The van der Waals surface area contributed by atoms with Gasteiger partial charge in [-0.1, -0.05) is 13.3 Å². The van der Waals surface area contributed by atoms with Crippen molar-refractivity contribution >= 4 is 28.0 Å². The molecule has 0 saturated heterocycles. The number of carbonyl (C=O) groups excluding carboxylic acids is 1. The Hall–Kier alpha value is -1.23. The molecule has 0 radical (unpaired) electrons. The van der Waals surface area contributed by atoms with Crippen LogP contribution in [0.15, 0.2) is 0 Å². The zero-order chi connectivity index (χ0) is 15.0. The van der Waals surface area contributed by atoms with E-state index in [1.165, 1.54) is 49.0 Å². The van der Waals surface area contributed by atoms with Crippen molar-refractivity contribution in [1.82, 2.24) is 0 Å². The zero-order valence-corrected chi connectivity index (χ0v) is 13.6. The summed E-state index contributed by atoms with van der Waals surface area (Å²) in [4.78, 5) is 12.6. The highest BCUT2D eigenvalue weighted by atomic mass is 32.1. The van der Waals surface area contributed by atoms with Crippen LogP contribution in [-0.4, -0.2) is 18.6 Å². The van der Waals surface area contributed by atoms with Crippen LogP contribution in [0, 0.1) is 5.92 Å². The van der Waals surface area contributed by atoms with Gasteiger partial charge in [-0.25, -0.2) is 4.79 Å². The molecule has 0 spiro atoms. The smallest absolute Gasteiger partial charge is 0.350 e. The second-order valence-electron chi connectivity index (χ2n) is 6.12. The Bertz CT molecular complexity index is 537. The normalized spacial score (nSPS) is 23.9. The van der Waals surface area contributed by atoms with E-state index in [9.17, 15) is 4.79 Å². The van der Waals surface area contributed by atoms with Gasteiger partial charge in [0.05, 0.1) is 17.3 Å². The quantitative estimate of drug-likeness (QED) is 0.748. The number of hydrogen-bond acceptors (Lipinski definition) is 5. The van der Waals surface area contributed by atoms with Crippen LogP contribution >= 0.6 is 11.3 Å². The van der Waals surface area contributed by atoms with Gasteiger partial charge in [-0.15, -0.1) is 11.3 Å². The van der Waals surface area contributed by atoms with Crippen molar-refractivity contribution < 1.29 is 9.53 Å². The summed E-state index contributed by atoms with van der Waals surface area (Å²) in [6, 6.07) is 0.565. The van der Waals surface area contributed by atoms with Crippen molar-refractivity contribution in [2.45, 2.75) is 57.9 Å². The van der Waals surface area contributed by atoms with Crippen LogP contribution in [0.5, 0.6) is 0 Å². The lowest BCUT2D eigenvalue weighted by Gasteiger charge is -2.06. The van der Waals surface area contributed by atoms with Gasteiger partial charge < -0.3 is 15.8 Å². The number of ether oxygens (including phenoxy) is 1. The second kappa shape index (κ2) is 5.87. The monoisotopic (exact) mass is 308 g/mol. The third kappa shape index (κ3) is 3.03. The van der Waals surface area contributed by atoms with E-state index < -0.39 is 0 Å². The van der Waals surface area contributed by atoms with Crippen molar-refractivity contribution in [3.8, 4) is 0 Å². The van der Waals surface area contributed by atoms with E-state index in [-0.39, 0.29) is 5.97 Å². The summed E-state index contributed by atoms with van der Waals surface area (Å²) in [6.07, 6.45) is 6.12. The second-order valence-corrected chi connectivity index (χ2v) is 7.14. The molecular weight excluding hydrogens is 284 g/mol. The van der Waals surface area contributed by atoms with Gasteiger partial charge in [0.15, 0.2) is 0 Å². The maximum Gasteiger partial charge on any atom is 0.350 e. The summed E-state index contributed by atoms with van der Waals surface area (Å²) in [5.74, 6) is 1.04. The molecule has 4 nitrogen and oxygen atoms in total. The van der Waals surface area contributed by atoms with Crippen LogP contribution < -0.4 is 11.1 Å². The first-order valence-electron chi connectivity index (χ1n) is 8.01. The van der Waals surface area contributed by atoms with Crippen LogP contribution in [0.4, 0.5) is 10.7 Å². The molecule has 116 valence electrons. The summed E-state index contributed by atoms with van der Waals surface area (Å²) in [5.41, 5.74) is 8.06. The van der Waals surface area contributed by atoms with Gasteiger partial charge in [0.2, 0.25) is 0 Å². The Balaban J connectivity index is 1.79. The van der Waals surface area contributed by atoms with E-state index in [1.807, 2.05) is 6.92 Å². The van der Waals surface area contributed by atoms with Gasteiger partial charge >= 0.3 is 5.97 Å². The minimum atomic E-state index is -0.282. The van der Waals surface area contributed by atoms with Crippen molar-refractivity contribution in [2.75, 3.05) is 17.7 Å². The average Bonchev–Trinajstić information content (AvgIpc) is 3.35. The third-order valence-electron chi connectivity index (χ3n) is 4.33. The lowest BCUT2D eigenvalue weighted by atomic mass is 10.1. The number of nitrogens with two attached hydrogens (primary N) is 1. The first-order chi connectivity index (χ1) is 10.2. The largest absolute Gasteiger partial charge is 0.462 e. The van der Waals surface area contributed by atoms with E-state index in [1.54, 1.807) is 0 Å². The Labute approximate surface area is 130 Å². The number of esters is 1. The zero-order valence-electron chi connectivity index (χ0n) is 12.8. The highest BCUT2D eigenvalue weighted by molar-refractivity contribution is 7.18. The van der Waals surface area contributed by atoms with Gasteiger partial charge in [-0.05, 0) is 44.4 Å². The number of hydrogen-bond donors (Lipinski definition) is 2. The SMILES string of the molecule is CCCC1CC1Nc1sc(C(=O)OCC)c(N)c1C1CC1. The average molecular weight is 308 g/mol. The predicted molar refractivity (Wildman–Crippen MR) is 87.1 cm³/mol. The molecule has 2 fully saturated rings. The number of carbonyl (C=O) groups is 1. The maximum atomic E-state index is 12.0. The summed E-state index contributed by atoms with van der Waals surface area (Å²) >= 11 is 1.48. The van der Waals surface area contributed by atoms with E-state index in [0.717, 1.165) is 10.9 Å². The highest BCUT2D eigenvalue weighted by Gasteiger charge is 2.39. The molecule has 2 atom stereocenters. The van der Waals surface area contributed by atoms with Crippen LogP contribution in [0.25, 0.3) is 0 Å². The van der Waals surface area contributed by atoms with E-state index in [0.29, 0.717) is 29.1 Å². The predicted octanol–water partition coefficient (Wildman–Crippen LogP) is 3.98. The molecule has 2 unspecified atom stereocenters. The molecule has 1 heterocycles. The summed E-state index contributed by atoms with van der Waals surface area (Å²) in [7, 11) is 0. The topological polar surface area (TPSA) is 64.3 Å². The van der Waals surface area contributed by atoms with Crippen molar-refractivity contribution in [2.24, 2.45) is 5.92 Å². The lowest BCUT2D eigenvalue weighted by Crippen LogP contribution is -2.06. The van der Waals surface area contributed by atoms with Crippen molar-refractivity contribution in [3.63, 3.8) is 0 Å². The molecule has 3 N–H and O–H groups in total. The Morgan fingerprint density at radius 1 is 1.43 bits per heavy atom. The van der Waals surface area contributed by atoms with Gasteiger partial charge in [0.1, 0.15) is 4.88 Å². The molecule has 1 aromatic heterocycles. The standard InChI is InChI=1S/C16H24N2O2S/c1-3-5-10-8-11(10)18-15-12(9-6-7-9)13(17)14(21-15)16(19)20-4-2/h9-11,18H,3-8,17H2,1-2H3. The summed E-state index contributed by atoms with van der Waals surface area (Å²) in [5, 5.41) is 4.74. The van der Waals surface area contributed by atoms with Gasteiger partial charge in [0.25, 0.3) is 0 Å². The Morgan fingerprint density at radius 2 is 2.19 bits per heavy atom. The first-order valence-corrected chi connectivity index (χ1v) is 8.83. The third-order valence-corrected chi connectivity index (χ3v) is 5.46. The fourth-order valence-corrected chi connectivity index (χ4v) is 4.14. The molecule has 2 aliphatic carbocycles. The van der Waals surface area contributed by atoms with Crippen LogP contribution in [0.3, 0.4) is 0 Å². The molecule has 5 heteroatoms. The summed E-state index contributed by atoms with van der Waals surface area (Å²) in [6.45, 7) is 4.44. The molecule has 0 aliphatic heterocycles. The highest BCUT2D eigenvalue weighted by Crippen LogP contribution is 2.52. The van der Waals surface area contributed by atoms with Gasteiger partial charge in [-0.3, -0.25) is 0 Å². The summed E-state index contributed by atoms with van der Waals surface area (Å²) < 4.78 is 5.12. The van der Waals surface area contributed by atoms with E-state index >= 15 is 0 Å². The van der Waals surface area contributed by atoms with Crippen LogP contribution in [0.2, 0.25) is 0 Å². The maximum absolute atomic E-state index is 12.0. The molecule has 0 aromatic carbocycles. The molecule has 1 aromatic rings. The lowest BCUT2D eigenvalue weighted by molar-refractivity contribution is 0.0533. The molecule has 2 aliphatic rings. The number of rotatable bonds is 7. The van der Waals surface area contributed by atoms with Gasteiger partial charge in [0, 0.05) is 11.6 Å². The number of thiophene rings is 1. The number of nitrogen functional groups attached to an aromatic ring is 1. The van der Waals surface area contributed by atoms with Crippen LogP contribution in [0.1, 0.15) is 67.1 Å². The first kappa shape index (κ1) is 14.7. The Kier molecular flexibility index (Phi) is 4.11. The minimum Gasteiger partial charge on any atom is -0.462 e. The number of nitrogens with one attached hydrogen (secondary N) is 1. The molecule has 0 amide bonds. The van der Waals surface area contributed by atoms with E-state index in [4.69, 9.17) is 10.5 Å².